The highest BCUT2D eigenvalue weighted by Gasteiger charge is 2.51. The molecule has 1 heterocycles. The Morgan fingerprint density at radius 1 is 1.11 bits per heavy atom. The van der Waals surface area contributed by atoms with E-state index >= 15 is 0 Å². The van der Waals surface area contributed by atoms with Gasteiger partial charge in [0.2, 0.25) is 0 Å². The van der Waals surface area contributed by atoms with Gasteiger partial charge in [-0.15, -0.1) is 0 Å². The molecule has 4 aliphatic rings. The summed E-state index contributed by atoms with van der Waals surface area (Å²) in [5.41, 5.74) is 4.64. The average Bonchev–Trinajstić information content (AvgIpc) is 2.91. The summed E-state index contributed by atoms with van der Waals surface area (Å²) in [6, 6.07) is 6.68. The van der Waals surface area contributed by atoms with Crippen LogP contribution in [0.3, 0.4) is 0 Å². The molecule has 6 rings (SSSR count). The predicted octanol–water partition coefficient (Wildman–Crippen LogP) is 5.23. The van der Waals surface area contributed by atoms with Gasteiger partial charge in [-0.05, 0) is 99.8 Å². The molecule has 4 aliphatic carbocycles. The van der Waals surface area contributed by atoms with Gasteiger partial charge in [-0.25, -0.2) is 0 Å². The number of carbonyl (C=O) groups excluding carboxylic acids is 1. The van der Waals surface area contributed by atoms with Crippen molar-refractivity contribution in [3.8, 4) is 0 Å². The zero-order valence-electron chi connectivity index (χ0n) is 17.0. The lowest BCUT2D eigenvalue weighted by Crippen LogP contribution is -2.60. The van der Waals surface area contributed by atoms with Crippen molar-refractivity contribution in [1.82, 2.24) is 9.88 Å². The van der Waals surface area contributed by atoms with E-state index in [9.17, 15) is 4.79 Å². The first kappa shape index (κ1) is 17.3. The molecule has 144 valence electrons. The lowest BCUT2D eigenvalue weighted by atomic mass is 9.53. The molecule has 1 aromatic carbocycles. The molecule has 0 atom stereocenters. The van der Waals surface area contributed by atoms with Crippen LogP contribution in [-0.2, 0) is 13.0 Å². The molecule has 27 heavy (non-hydrogen) atoms. The molecule has 4 bridgehead atoms. The molecule has 3 heteroatoms. The molecule has 0 aliphatic heterocycles. The lowest BCUT2D eigenvalue weighted by molar-refractivity contribution is -0.0168. The van der Waals surface area contributed by atoms with Crippen molar-refractivity contribution in [1.29, 1.82) is 0 Å². The van der Waals surface area contributed by atoms with Gasteiger partial charge >= 0.3 is 0 Å². The molecule has 4 fully saturated rings. The van der Waals surface area contributed by atoms with E-state index in [1.807, 2.05) is 0 Å². The van der Waals surface area contributed by atoms with Crippen LogP contribution in [0.5, 0.6) is 0 Å². The number of amides is 1. The van der Waals surface area contributed by atoms with Gasteiger partial charge in [-0.2, -0.15) is 0 Å². The Morgan fingerprint density at radius 2 is 1.74 bits per heavy atom. The molecule has 3 nitrogen and oxygen atoms in total. The van der Waals surface area contributed by atoms with Crippen molar-refractivity contribution in [3.05, 3.63) is 35.0 Å². The minimum Gasteiger partial charge on any atom is -0.345 e. The van der Waals surface area contributed by atoms with Crippen LogP contribution in [0.15, 0.2) is 18.2 Å². The summed E-state index contributed by atoms with van der Waals surface area (Å²) < 4.78 is 2.22. The van der Waals surface area contributed by atoms with Crippen LogP contribution >= 0.6 is 0 Å². The zero-order valence-corrected chi connectivity index (χ0v) is 17.0. The summed E-state index contributed by atoms with van der Waals surface area (Å²) in [6.45, 7) is 7.30. The van der Waals surface area contributed by atoms with Gasteiger partial charge in [0.1, 0.15) is 5.69 Å². The second-order valence-electron chi connectivity index (χ2n) is 9.57. The summed E-state index contributed by atoms with van der Waals surface area (Å²) in [6.07, 6.45) is 8.86. The molecule has 0 spiro atoms. The van der Waals surface area contributed by atoms with Crippen LogP contribution in [-0.4, -0.2) is 16.0 Å². The van der Waals surface area contributed by atoms with Crippen molar-refractivity contribution in [3.63, 3.8) is 0 Å². The quantitative estimate of drug-likeness (QED) is 0.792. The summed E-state index contributed by atoms with van der Waals surface area (Å²) >= 11 is 0. The average molecular weight is 365 g/mol. The smallest absolute Gasteiger partial charge is 0.268 e. The SMILES string of the molecule is CCc1ccc2c(c1)c(C)c(C(=O)NC13CC4CC(CC(C4)C1)C3)n2CC. The summed E-state index contributed by atoms with van der Waals surface area (Å²) in [7, 11) is 0. The first-order valence-corrected chi connectivity index (χ1v) is 11.0. The molecule has 0 unspecified atom stereocenters. The number of benzene rings is 1. The Labute approximate surface area is 162 Å². The van der Waals surface area contributed by atoms with Crippen molar-refractivity contribution in [2.75, 3.05) is 0 Å². The Kier molecular flexibility index (Phi) is 3.93. The standard InChI is InChI=1S/C24H32N2O/c1-4-16-6-7-21-20(11-16)15(3)22(26(21)5-2)23(27)25-24-12-17-8-18(13-24)10-19(9-17)14-24/h6-7,11,17-19H,4-5,8-10,12-14H2,1-3H3,(H,25,27). The maximum absolute atomic E-state index is 13.5. The van der Waals surface area contributed by atoms with E-state index < -0.39 is 0 Å². The highest BCUT2D eigenvalue weighted by atomic mass is 16.2. The number of fused-ring (bicyclic) bond motifs is 1. The predicted molar refractivity (Wildman–Crippen MR) is 110 cm³/mol. The van der Waals surface area contributed by atoms with Gasteiger partial charge < -0.3 is 9.88 Å². The van der Waals surface area contributed by atoms with E-state index in [1.54, 1.807) is 0 Å². The van der Waals surface area contributed by atoms with E-state index in [-0.39, 0.29) is 11.4 Å². The van der Waals surface area contributed by atoms with Gasteiger partial charge in [0.25, 0.3) is 5.91 Å². The minimum absolute atomic E-state index is 0.0713. The highest BCUT2D eigenvalue weighted by Crippen LogP contribution is 2.55. The highest BCUT2D eigenvalue weighted by molar-refractivity contribution is 6.02. The van der Waals surface area contributed by atoms with Gasteiger partial charge in [0.15, 0.2) is 0 Å². The molecular weight excluding hydrogens is 332 g/mol. The Morgan fingerprint density at radius 3 is 2.30 bits per heavy atom. The zero-order chi connectivity index (χ0) is 18.8. The number of aromatic nitrogens is 1. The second-order valence-corrected chi connectivity index (χ2v) is 9.57. The van der Waals surface area contributed by atoms with Crippen LogP contribution in [0.1, 0.15) is 74.0 Å². The first-order chi connectivity index (χ1) is 13.0. The van der Waals surface area contributed by atoms with Crippen molar-refractivity contribution in [2.24, 2.45) is 17.8 Å². The van der Waals surface area contributed by atoms with E-state index in [0.29, 0.717) is 0 Å². The lowest BCUT2D eigenvalue weighted by Gasteiger charge is -2.56. The van der Waals surface area contributed by atoms with Crippen molar-refractivity contribution in [2.45, 2.75) is 77.8 Å². The van der Waals surface area contributed by atoms with Crippen LogP contribution < -0.4 is 5.32 Å². The fraction of sp³-hybridized carbons (Fsp3) is 0.625. The van der Waals surface area contributed by atoms with E-state index in [4.69, 9.17) is 0 Å². The van der Waals surface area contributed by atoms with Crippen LogP contribution in [0, 0.1) is 24.7 Å². The number of carbonyl (C=O) groups is 1. The second kappa shape index (κ2) is 6.12. The number of nitrogens with one attached hydrogen (secondary N) is 1. The molecule has 2 aromatic rings. The van der Waals surface area contributed by atoms with Crippen molar-refractivity contribution < 1.29 is 4.79 Å². The van der Waals surface area contributed by atoms with Crippen LogP contribution in [0.4, 0.5) is 0 Å². The summed E-state index contributed by atoms with van der Waals surface area (Å²) in [5, 5.41) is 4.83. The fourth-order valence-corrected chi connectivity index (χ4v) is 6.97. The van der Waals surface area contributed by atoms with Gasteiger partial charge in [0, 0.05) is 23.0 Å². The third-order valence-corrected chi connectivity index (χ3v) is 7.74. The third-order valence-electron chi connectivity index (χ3n) is 7.74. The third kappa shape index (κ3) is 2.65. The Balaban J connectivity index is 1.51. The number of hydrogen-bond donors (Lipinski definition) is 1. The van der Waals surface area contributed by atoms with Crippen LogP contribution in [0.2, 0.25) is 0 Å². The molecule has 1 N–H and O–H groups in total. The number of hydrogen-bond acceptors (Lipinski definition) is 1. The molecule has 0 radical (unpaired) electrons. The fourth-order valence-electron chi connectivity index (χ4n) is 6.97. The van der Waals surface area contributed by atoms with Gasteiger partial charge in [-0.3, -0.25) is 4.79 Å². The largest absolute Gasteiger partial charge is 0.345 e. The minimum atomic E-state index is 0.0713. The van der Waals surface area contributed by atoms with Crippen LogP contribution in [0.25, 0.3) is 10.9 Å². The van der Waals surface area contributed by atoms with Crippen molar-refractivity contribution >= 4 is 16.8 Å². The topological polar surface area (TPSA) is 34.0 Å². The molecule has 0 saturated heterocycles. The number of aryl methyl sites for hydroxylation is 3. The molecule has 1 amide bonds. The first-order valence-electron chi connectivity index (χ1n) is 11.0. The van der Waals surface area contributed by atoms with Gasteiger partial charge in [0.05, 0.1) is 0 Å². The molecule has 1 aromatic heterocycles. The molecular formula is C24H32N2O. The van der Waals surface area contributed by atoms with E-state index in [1.165, 1.54) is 55.0 Å². The summed E-state index contributed by atoms with van der Waals surface area (Å²) in [4.78, 5) is 13.5. The summed E-state index contributed by atoms with van der Waals surface area (Å²) in [5.74, 6) is 2.70. The monoisotopic (exact) mass is 364 g/mol. The Bertz CT molecular complexity index is 871. The maximum Gasteiger partial charge on any atom is 0.268 e. The van der Waals surface area contributed by atoms with Gasteiger partial charge in [-0.1, -0.05) is 13.0 Å². The van der Waals surface area contributed by atoms with E-state index in [0.717, 1.165) is 42.0 Å². The molecule has 4 saturated carbocycles. The number of nitrogens with zero attached hydrogens (tertiary/aromatic N) is 1. The van der Waals surface area contributed by atoms with E-state index in [2.05, 4.69) is 48.9 Å². The number of rotatable bonds is 4. The maximum atomic E-state index is 13.5. The Hall–Kier alpha value is -1.77. The normalized spacial score (nSPS) is 31.6.